The summed E-state index contributed by atoms with van der Waals surface area (Å²) in [6, 6.07) is 0. The summed E-state index contributed by atoms with van der Waals surface area (Å²) < 4.78 is 0. The van der Waals surface area contributed by atoms with Gasteiger partial charge in [0.15, 0.2) is 0 Å². The zero-order valence-electron chi connectivity index (χ0n) is 8.46. The Morgan fingerprint density at radius 3 is 2.62 bits per heavy atom. The first-order valence-corrected chi connectivity index (χ1v) is 5.05. The van der Waals surface area contributed by atoms with Crippen LogP contribution in [-0.4, -0.2) is 11.6 Å². The summed E-state index contributed by atoms with van der Waals surface area (Å²) in [7, 11) is 0. The number of Topliss-reactive ketones (excluding diaryl/α,β-unsaturated/α-hetero) is 2. The zero-order chi connectivity index (χ0) is 9.80. The number of fused-ring (bicyclic) bond motifs is 1. The SMILES string of the molecule is CCC(=O)C1C(=O)C[C@@H]2[C@@H]1C2(C)C. The van der Waals surface area contributed by atoms with Gasteiger partial charge in [0.2, 0.25) is 0 Å². The first-order valence-electron chi connectivity index (χ1n) is 5.05. The van der Waals surface area contributed by atoms with Crippen molar-refractivity contribution in [2.24, 2.45) is 23.2 Å². The van der Waals surface area contributed by atoms with Crippen molar-refractivity contribution < 1.29 is 9.59 Å². The van der Waals surface area contributed by atoms with Crippen LogP contribution in [-0.2, 0) is 9.59 Å². The van der Waals surface area contributed by atoms with Crippen LogP contribution < -0.4 is 0 Å². The zero-order valence-corrected chi connectivity index (χ0v) is 8.46. The molecular formula is C11H16O2. The van der Waals surface area contributed by atoms with E-state index in [1.807, 2.05) is 6.92 Å². The van der Waals surface area contributed by atoms with Gasteiger partial charge in [0.05, 0.1) is 5.92 Å². The number of hydrogen-bond donors (Lipinski definition) is 0. The van der Waals surface area contributed by atoms with Gasteiger partial charge in [-0.1, -0.05) is 20.8 Å². The maximum atomic E-state index is 11.5. The van der Waals surface area contributed by atoms with E-state index in [1.165, 1.54) is 0 Å². The first-order chi connectivity index (χ1) is 6.00. The highest BCUT2D eigenvalue weighted by Gasteiger charge is 2.68. The molecule has 0 amide bonds. The van der Waals surface area contributed by atoms with Gasteiger partial charge in [0.1, 0.15) is 11.6 Å². The van der Waals surface area contributed by atoms with Crippen LogP contribution in [0.25, 0.3) is 0 Å². The van der Waals surface area contributed by atoms with Crippen LogP contribution in [0.1, 0.15) is 33.6 Å². The second-order valence-corrected chi connectivity index (χ2v) is 4.92. The van der Waals surface area contributed by atoms with E-state index in [0.717, 1.165) is 0 Å². The van der Waals surface area contributed by atoms with Gasteiger partial charge in [-0.25, -0.2) is 0 Å². The molecule has 0 aromatic carbocycles. The lowest BCUT2D eigenvalue weighted by Gasteiger charge is -2.14. The monoisotopic (exact) mass is 180 g/mol. The number of hydrogen-bond acceptors (Lipinski definition) is 2. The van der Waals surface area contributed by atoms with Crippen molar-refractivity contribution in [2.45, 2.75) is 33.6 Å². The Hall–Kier alpha value is -0.660. The van der Waals surface area contributed by atoms with Gasteiger partial charge >= 0.3 is 0 Å². The molecule has 0 N–H and O–H groups in total. The summed E-state index contributed by atoms with van der Waals surface area (Å²) in [6.45, 7) is 6.19. The van der Waals surface area contributed by atoms with Gasteiger partial charge in [-0.05, 0) is 17.3 Å². The molecule has 0 bridgehead atoms. The average molecular weight is 180 g/mol. The van der Waals surface area contributed by atoms with Crippen molar-refractivity contribution >= 4 is 11.6 Å². The molecule has 0 aromatic heterocycles. The highest BCUT2D eigenvalue weighted by molar-refractivity contribution is 6.05. The smallest absolute Gasteiger partial charge is 0.143 e. The molecule has 2 saturated carbocycles. The van der Waals surface area contributed by atoms with Crippen molar-refractivity contribution in [1.29, 1.82) is 0 Å². The molecule has 2 nitrogen and oxygen atoms in total. The van der Waals surface area contributed by atoms with Crippen LogP contribution in [0.4, 0.5) is 0 Å². The Bertz CT molecular complexity index is 278. The minimum Gasteiger partial charge on any atom is -0.299 e. The fourth-order valence-electron chi connectivity index (χ4n) is 2.98. The highest BCUT2D eigenvalue weighted by atomic mass is 16.2. The van der Waals surface area contributed by atoms with E-state index in [4.69, 9.17) is 0 Å². The summed E-state index contributed by atoms with van der Waals surface area (Å²) in [5.74, 6) is 0.974. The van der Waals surface area contributed by atoms with Crippen LogP contribution in [0.3, 0.4) is 0 Å². The molecule has 1 unspecified atom stereocenters. The van der Waals surface area contributed by atoms with Crippen LogP contribution in [0.2, 0.25) is 0 Å². The molecule has 0 saturated heterocycles. The Morgan fingerprint density at radius 1 is 1.54 bits per heavy atom. The number of ketones is 2. The van der Waals surface area contributed by atoms with E-state index in [0.29, 0.717) is 24.7 Å². The molecule has 3 atom stereocenters. The van der Waals surface area contributed by atoms with Gasteiger partial charge in [0.25, 0.3) is 0 Å². The second kappa shape index (κ2) is 2.43. The maximum absolute atomic E-state index is 11.5. The predicted octanol–water partition coefficient (Wildman–Crippen LogP) is 1.83. The lowest BCUT2D eigenvalue weighted by Crippen LogP contribution is -2.25. The Labute approximate surface area is 78.7 Å². The van der Waals surface area contributed by atoms with Crippen molar-refractivity contribution in [2.75, 3.05) is 0 Å². The quantitative estimate of drug-likeness (QED) is 0.607. The van der Waals surface area contributed by atoms with Crippen LogP contribution in [0, 0.1) is 23.2 Å². The molecule has 0 aromatic rings. The summed E-state index contributed by atoms with van der Waals surface area (Å²) in [4.78, 5) is 23.0. The summed E-state index contributed by atoms with van der Waals surface area (Å²) in [6.07, 6.45) is 1.16. The Balaban J connectivity index is 2.19. The van der Waals surface area contributed by atoms with Crippen LogP contribution in [0.15, 0.2) is 0 Å². The standard InChI is InChI=1S/C11H16O2/c1-4-7(12)9-8(13)5-6-10(9)11(6,2)3/h6,9-10H,4-5H2,1-3H3/t6-,9?,10+/m1/s1. The van der Waals surface area contributed by atoms with Crippen LogP contribution >= 0.6 is 0 Å². The lowest BCUT2D eigenvalue weighted by molar-refractivity contribution is -0.132. The van der Waals surface area contributed by atoms with Gasteiger partial charge in [-0.3, -0.25) is 9.59 Å². The van der Waals surface area contributed by atoms with E-state index in [9.17, 15) is 9.59 Å². The molecule has 2 fully saturated rings. The summed E-state index contributed by atoms with van der Waals surface area (Å²) in [5, 5.41) is 0. The number of carbonyl (C=O) groups excluding carboxylic acids is 2. The highest BCUT2D eigenvalue weighted by Crippen LogP contribution is 2.68. The maximum Gasteiger partial charge on any atom is 0.143 e. The topological polar surface area (TPSA) is 34.1 Å². The molecule has 0 spiro atoms. The Kier molecular flexibility index (Phi) is 1.67. The third-order valence-electron chi connectivity index (χ3n) is 3.96. The van der Waals surface area contributed by atoms with E-state index >= 15 is 0 Å². The lowest BCUT2D eigenvalue weighted by atomic mass is 9.88. The third kappa shape index (κ3) is 1.01. The van der Waals surface area contributed by atoms with Gasteiger partial charge in [0, 0.05) is 12.8 Å². The molecule has 2 aliphatic carbocycles. The largest absolute Gasteiger partial charge is 0.299 e. The molecule has 72 valence electrons. The predicted molar refractivity (Wildman–Crippen MR) is 49.2 cm³/mol. The number of carbonyl (C=O) groups is 2. The summed E-state index contributed by atoms with van der Waals surface area (Å²) in [5.41, 5.74) is 0.253. The minimum atomic E-state index is -0.245. The molecule has 0 heterocycles. The molecule has 0 radical (unpaired) electrons. The van der Waals surface area contributed by atoms with Gasteiger partial charge < -0.3 is 0 Å². The van der Waals surface area contributed by atoms with Gasteiger partial charge in [-0.2, -0.15) is 0 Å². The second-order valence-electron chi connectivity index (χ2n) is 4.92. The fraction of sp³-hybridized carbons (Fsp3) is 0.818. The van der Waals surface area contributed by atoms with E-state index < -0.39 is 0 Å². The average Bonchev–Trinajstić information content (AvgIpc) is 2.48. The van der Waals surface area contributed by atoms with Crippen LogP contribution in [0.5, 0.6) is 0 Å². The van der Waals surface area contributed by atoms with Crippen molar-refractivity contribution in [3.8, 4) is 0 Å². The molecule has 0 aliphatic heterocycles. The van der Waals surface area contributed by atoms with E-state index in [-0.39, 0.29) is 22.9 Å². The normalized spacial score (nSPS) is 40.2. The molecule has 2 rings (SSSR count). The molecule has 2 aliphatic rings. The molecule has 2 heteroatoms. The summed E-state index contributed by atoms with van der Waals surface area (Å²) >= 11 is 0. The van der Waals surface area contributed by atoms with Gasteiger partial charge in [-0.15, -0.1) is 0 Å². The van der Waals surface area contributed by atoms with Crippen molar-refractivity contribution in [1.82, 2.24) is 0 Å². The van der Waals surface area contributed by atoms with Crippen molar-refractivity contribution in [3.05, 3.63) is 0 Å². The molecular weight excluding hydrogens is 164 g/mol. The van der Waals surface area contributed by atoms with E-state index in [1.54, 1.807) is 0 Å². The third-order valence-corrected chi connectivity index (χ3v) is 3.96. The minimum absolute atomic E-state index is 0.156. The fourth-order valence-corrected chi connectivity index (χ4v) is 2.98. The first kappa shape index (κ1) is 8.92. The van der Waals surface area contributed by atoms with Crippen molar-refractivity contribution in [3.63, 3.8) is 0 Å². The van der Waals surface area contributed by atoms with E-state index in [2.05, 4.69) is 13.8 Å². The molecule has 13 heavy (non-hydrogen) atoms. The number of rotatable bonds is 2. The Morgan fingerprint density at radius 2 is 2.15 bits per heavy atom.